The first-order chi connectivity index (χ1) is 47.4. The molecule has 24 rings (SSSR count). The summed E-state index contributed by atoms with van der Waals surface area (Å²) in [5.74, 6) is 5.20. The van der Waals surface area contributed by atoms with Gasteiger partial charge in [0.15, 0.2) is 0 Å². The average Bonchev–Trinajstić information content (AvgIpc) is 1.49. The van der Waals surface area contributed by atoms with Gasteiger partial charge in [-0.15, -0.1) is 0 Å². The minimum Gasteiger partial charge on any atom is -0.310 e. The van der Waals surface area contributed by atoms with Gasteiger partial charge < -0.3 is 4.90 Å². The Hall–Kier alpha value is -9.56. The molecule has 0 aliphatic heterocycles. The van der Waals surface area contributed by atoms with Crippen LogP contribution in [-0.2, 0) is 27.1 Å². The molecule has 12 aromatic carbocycles. The molecule has 12 aromatic rings. The Balaban J connectivity index is 0.773. The molecule has 8 bridgehead atoms. The van der Waals surface area contributed by atoms with Crippen LogP contribution in [-0.4, -0.2) is 0 Å². The van der Waals surface area contributed by atoms with Crippen molar-refractivity contribution in [3.05, 3.63) is 363 Å². The molecule has 12 aliphatic carbocycles. The summed E-state index contributed by atoms with van der Waals surface area (Å²) >= 11 is 0. The second kappa shape index (κ2) is 19.8. The third-order valence-corrected chi connectivity index (χ3v) is 27.2. The van der Waals surface area contributed by atoms with E-state index in [1.54, 1.807) is 11.1 Å². The molecule has 8 fully saturated rings. The predicted molar refractivity (Wildman–Crippen MR) is 392 cm³/mol. The van der Waals surface area contributed by atoms with Gasteiger partial charge in [0.05, 0.1) is 16.2 Å². The SMILES string of the molecule is c1ccc(C2(c3ccc(N(c4ccc(C5(c6ccccc6)c6ccccc6-c6ccccc65)cc4)c4ccc5c(c4)C4(c6ccccc6-5)c5cc(C67CC8CC(CC(C8)C6)C7)ccc5-c5ccc(C67CC8CC(CC(C8)C6)C7)cc54)cc3)c3ccccc3-c3ccccc32)cc1. The van der Waals surface area contributed by atoms with Crippen molar-refractivity contribution in [3.63, 3.8) is 0 Å². The first-order valence-electron chi connectivity index (χ1n) is 36.5. The molecule has 1 nitrogen and oxygen atoms in total. The van der Waals surface area contributed by atoms with Crippen LogP contribution in [0.25, 0.3) is 44.5 Å². The maximum atomic E-state index is 2.84. The van der Waals surface area contributed by atoms with Gasteiger partial charge in [0, 0.05) is 17.1 Å². The summed E-state index contributed by atoms with van der Waals surface area (Å²) in [7, 11) is 0. The van der Waals surface area contributed by atoms with Crippen molar-refractivity contribution in [2.45, 2.75) is 104 Å². The van der Waals surface area contributed by atoms with Crippen molar-refractivity contribution < 1.29 is 0 Å². The summed E-state index contributed by atoms with van der Waals surface area (Å²) in [5, 5.41) is 0. The smallest absolute Gasteiger partial charge is 0.0726 e. The van der Waals surface area contributed by atoms with Gasteiger partial charge in [0.2, 0.25) is 0 Å². The number of rotatable bonds is 9. The van der Waals surface area contributed by atoms with Crippen LogP contribution in [0.2, 0.25) is 0 Å². The van der Waals surface area contributed by atoms with E-state index in [2.05, 4.69) is 290 Å². The van der Waals surface area contributed by atoms with Crippen LogP contribution in [0.1, 0.15) is 155 Å². The van der Waals surface area contributed by atoms with Crippen molar-refractivity contribution >= 4 is 17.1 Å². The van der Waals surface area contributed by atoms with Crippen molar-refractivity contribution in [3.8, 4) is 44.5 Å². The zero-order chi connectivity index (χ0) is 62.7. The van der Waals surface area contributed by atoms with Crippen molar-refractivity contribution in [2.75, 3.05) is 4.90 Å². The van der Waals surface area contributed by atoms with Gasteiger partial charge in [-0.3, -0.25) is 0 Å². The zero-order valence-electron chi connectivity index (χ0n) is 54.5. The van der Waals surface area contributed by atoms with Crippen LogP contribution in [0.15, 0.2) is 285 Å². The Morgan fingerprint density at radius 3 is 0.792 bits per heavy atom. The maximum Gasteiger partial charge on any atom is 0.0726 e. The molecule has 0 atom stereocenters. The molecule has 462 valence electrons. The molecular weight excluding hydrogens is 1160 g/mol. The van der Waals surface area contributed by atoms with Crippen LogP contribution in [0.3, 0.4) is 0 Å². The quantitative estimate of drug-likeness (QED) is 0.139. The Morgan fingerprint density at radius 1 is 0.198 bits per heavy atom. The van der Waals surface area contributed by atoms with E-state index in [9.17, 15) is 0 Å². The van der Waals surface area contributed by atoms with Crippen molar-refractivity contribution in [1.82, 2.24) is 0 Å². The summed E-state index contributed by atoms with van der Waals surface area (Å²) in [5.41, 5.74) is 32.8. The predicted octanol–water partition coefficient (Wildman–Crippen LogP) is 23.2. The molecule has 0 N–H and O–H groups in total. The van der Waals surface area contributed by atoms with Gasteiger partial charge in [-0.1, -0.05) is 249 Å². The standard InChI is InChI=1S/C95H77N/c1-3-17-66(18-4-1)93(83-26-12-7-21-75(83)76-22-8-13-27-84(76)93)68-31-37-72(38-32-68)96(73-39-33-69(34-40-73)94(67-19-5-2-6-20-67)85-28-14-9-23-77(85)78-24-10-15-29-86(78)94)74-41-44-82-79-25-11-16-30-87(79)95(90(82)53-74)88-51-70(91-54-60-45-61(55-91)47-62(46-60)56-91)35-42-80(88)81-43-36-71(52-89(81)95)92-57-63-48-64(58-92)50-65(49-63)59-92/h1-44,51-53,60-65H,45-50,54-59H2. The van der Waals surface area contributed by atoms with E-state index >= 15 is 0 Å². The first kappa shape index (κ1) is 54.7. The van der Waals surface area contributed by atoms with E-state index in [-0.39, 0.29) is 10.8 Å². The molecule has 0 heterocycles. The van der Waals surface area contributed by atoms with Crippen LogP contribution in [0.5, 0.6) is 0 Å². The number of benzene rings is 12. The van der Waals surface area contributed by atoms with E-state index in [0.717, 1.165) is 46.9 Å². The number of hydrogen-bond acceptors (Lipinski definition) is 1. The zero-order valence-corrected chi connectivity index (χ0v) is 54.5. The van der Waals surface area contributed by atoms with Gasteiger partial charge in [0.25, 0.3) is 0 Å². The molecule has 0 aromatic heterocycles. The summed E-state index contributed by atoms with van der Waals surface area (Å²) in [4.78, 5) is 2.61. The van der Waals surface area contributed by atoms with Crippen LogP contribution in [0, 0.1) is 35.5 Å². The first-order valence-corrected chi connectivity index (χ1v) is 36.5. The molecule has 0 amide bonds. The highest BCUT2D eigenvalue weighted by molar-refractivity contribution is 5.97. The molecule has 1 heteroatoms. The molecule has 0 radical (unpaired) electrons. The van der Waals surface area contributed by atoms with Gasteiger partial charge in [-0.25, -0.2) is 0 Å². The Bertz CT molecular complexity index is 4760. The Kier molecular flexibility index (Phi) is 11.3. The fourth-order valence-electron chi connectivity index (χ4n) is 24.5. The maximum absolute atomic E-state index is 2.84. The summed E-state index contributed by atoms with van der Waals surface area (Å²) in [6.45, 7) is 0. The van der Waals surface area contributed by atoms with Crippen molar-refractivity contribution in [2.24, 2.45) is 35.5 Å². The average molecular weight is 1230 g/mol. The summed E-state index contributed by atoms with van der Waals surface area (Å²) in [6, 6.07) is 112. The molecule has 1 spiro atoms. The number of nitrogens with zero attached hydrogens (tertiary/aromatic N) is 1. The topological polar surface area (TPSA) is 3.24 Å². The van der Waals surface area contributed by atoms with Crippen LogP contribution in [0.4, 0.5) is 17.1 Å². The lowest BCUT2D eigenvalue weighted by Crippen LogP contribution is -2.48. The lowest BCUT2D eigenvalue weighted by Gasteiger charge is -2.57. The highest BCUT2D eigenvalue weighted by Gasteiger charge is 2.58. The van der Waals surface area contributed by atoms with Gasteiger partial charge in [-0.2, -0.15) is 0 Å². The third kappa shape index (κ3) is 7.17. The fourth-order valence-corrected chi connectivity index (χ4v) is 24.5. The molecule has 0 saturated heterocycles. The normalized spacial score (nSPS) is 26.5. The third-order valence-electron chi connectivity index (χ3n) is 27.2. The Labute approximate surface area is 565 Å². The number of fused-ring (bicyclic) bond motifs is 16. The summed E-state index contributed by atoms with van der Waals surface area (Å²) < 4.78 is 0. The van der Waals surface area contributed by atoms with E-state index in [0.29, 0.717) is 0 Å². The molecule has 12 aliphatic rings. The highest BCUT2D eigenvalue weighted by atomic mass is 15.1. The Morgan fingerprint density at radius 2 is 0.448 bits per heavy atom. The van der Waals surface area contributed by atoms with Gasteiger partial charge in [-0.05, 0) is 282 Å². The van der Waals surface area contributed by atoms with Crippen LogP contribution >= 0.6 is 0 Å². The number of hydrogen-bond donors (Lipinski definition) is 0. The lowest BCUT2D eigenvalue weighted by molar-refractivity contribution is -0.00530. The number of anilines is 3. The second-order valence-electron chi connectivity index (χ2n) is 31.8. The van der Waals surface area contributed by atoms with Gasteiger partial charge >= 0.3 is 0 Å². The minimum absolute atomic E-state index is 0.255. The summed E-state index contributed by atoms with van der Waals surface area (Å²) in [6.07, 6.45) is 16.8. The second-order valence-corrected chi connectivity index (χ2v) is 31.8. The monoisotopic (exact) mass is 1230 g/mol. The molecule has 8 saturated carbocycles. The molecule has 0 unspecified atom stereocenters. The van der Waals surface area contributed by atoms with Crippen LogP contribution < -0.4 is 4.90 Å². The van der Waals surface area contributed by atoms with Gasteiger partial charge in [0.1, 0.15) is 0 Å². The largest absolute Gasteiger partial charge is 0.310 e. The van der Waals surface area contributed by atoms with E-state index < -0.39 is 16.2 Å². The highest BCUT2D eigenvalue weighted by Crippen LogP contribution is 2.69. The van der Waals surface area contributed by atoms with E-state index in [1.807, 2.05) is 0 Å². The van der Waals surface area contributed by atoms with Crippen molar-refractivity contribution in [1.29, 1.82) is 0 Å². The molecule has 96 heavy (non-hydrogen) atoms. The van der Waals surface area contributed by atoms with E-state index in [1.165, 1.54) is 194 Å². The minimum atomic E-state index is -0.516. The van der Waals surface area contributed by atoms with E-state index in [4.69, 9.17) is 0 Å². The molecular formula is C95H77N. The lowest BCUT2D eigenvalue weighted by atomic mass is 9.48. The fraction of sp³-hybridized carbons (Fsp3) is 0.242.